The Kier molecular flexibility index (Phi) is 4.52. The zero-order valence-corrected chi connectivity index (χ0v) is 11.8. The Hall–Kier alpha value is -2.44. The summed E-state index contributed by atoms with van der Waals surface area (Å²) in [5.41, 5.74) is 5.80. The summed E-state index contributed by atoms with van der Waals surface area (Å²) in [6, 6.07) is 4.82. The van der Waals surface area contributed by atoms with E-state index in [1.54, 1.807) is 23.1 Å². The minimum Gasteiger partial charge on any atom is -0.504 e. The van der Waals surface area contributed by atoms with Crippen LogP contribution in [0, 0.1) is 5.92 Å². The van der Waals surface area contributed by atoms with Crippen molar-refractivity contribution in [3.05, 3.63) is 23.8 Å². The summed E-state index contributed by atoms with van der Waals surface area (Å²) in [6.07, 6.45) is 1.26. The molecule has 7 heteroatoms. The topological polar surface area (TPSA) is 108 Å². The van der Waals surface area contributed by atoms with Gasteiger partial charge in [-0.2, -0.15) is 0 Å². The smallest absolute Gasteiger partial charge is 0.257 e. The number of oxime groups is 1. The van der Waals surface area contributed by atoms with Crippen LogP contribution in [0.3, 0.4) is 0 Å². The van der Waals surface area contributed by atoms with Gasteiger partial charge in [0.1, 0.15) is 5.84 Å². The maximum Gasteiger partial charge on any atom is 0.257 e. The Morgan fingerprint density at radius 3 is 2.67 bits per heavy atom. The number of aromatic hydroxyl groups is 1. The molecular formula is C14H19N3O4. The average Bonchev–Trinajstić information content (AvgIpc) is 2.54. The molecule has 0 radical (unpaired) electrons. The monoisotopic (exact) mass is 293 g/mol. The van der Waals surface area contributed by atoms with E-state index in [0.29, 0.717) is 25.9 Å². The molecular weight excluding hydrogens is 274 g/mol. The number of piperidine rings is 1. The lowest BCUT2D eigenvalue weighted by Crippen LogP contribution is -2.41. The van der Waals surface area contributed by atoms with E-state index in [1.165, 1.54) is 7.11 Å². The van der Waals surface area contributed by atoms with E-state index in [4.69, 9.17) is 15.7 Å². The Labute approximate surface area is 122 Å². The van der Waals surface area contributed by atoms with Crippen molar-refractivity contribution in [1.82, 2.24) is 4.90 Å². The van der Waals surface area contributed by atoms with Crippen molar-refractivity contribution in [1.29, 1.82) is 0 Å². The highest BCUT2D eigenvalue weighted by atomic mass is 16.5. The van der Waals surface area contributed by atoms with Crippen LogP contribution >= 0.6 is 0 Å². The molecule has 1 aliphatic heterocycles. The number of amides is 1. The largest absolute Gasteiger partial charge is 0.504 e. The molecule has 0 aliphatic carbocycles. The highest BCUT2D eigenvalue weighted by Crippen LogP contribution is 2.31. The van der Waals surface area contributed by atoms with Crippen LogP contribution in [-0.2, 0) is 0 Å². The number of benzene rings is 1. The lowest BCUT2D eigenvalue weighted by atomic mass is 9.95. The van der Waals surface area contributed by atoms with Gasteiger partial charge in [0.2, 0.25) is 0 Å². The van der Waals surface area contributed by atoms with Crippen LogP contribution in [0.15, 0.2) is 23.4 Å². The fourth-order valence-corrected chi connectivity index (χ4v) is 2.49. The summed E-state index contributed by atoms with van der Waals surface area (Å²) in [6.45, 7) is 0.993. The van der Waals surface area contributed by atoms with Crippen molar-refractivity contribution in [3.8, 4) is 11.5 Å². The van der Waals surface area contributed by atoms with Gasteiger partial charge in [0.15, 0.2) is 11.5 Å². The number of ether oxygens (including phenoxy) is 1. The van der Waals surface area contributed by atoms with Crippen molar-refractivity contribution in [2.45, 2.75) is 12.8 Å². The molecule has 0 saturated carbocycles. The van der Waals surface area contributed by atoms with Crippen molar-refractivity contribution in [3.63, 3.8) is 0 Å². The number of nitrogens with two attached hydrogens (primary N) is 1. The van der Waals surface area contributed by atoms with Gasteiger partial charge in [0, 0.05) is 19.0 Å². The summed E-state index contributed by atoms with van der Waals surface area (Å²) in [5.74, 6) is 0.0598. The number of hydrogen-bond donors (Lipinski definition) is 3. The van der Waals surface area contributed by atoms with E-state index >= 15 is 0 Å². The third kappa shape index (κ3) is 3.01. The molecule has 21 heavy (non-hydrogen) atoms. The number of carbonyl (C=O) groups excluding carboxylic acids is 1. The van der Waals surface area contributed by atoms with Gasteiger partial charge >= 0.3 is 0 Å². The third-order valence-corrected chi connectivity index (χ3v) is 3.77. The second kappa shape index (κ2) is 6.34. The predicted molar refractivity (Wildman–Crippen MR) is 76.7 cm³/mol. The summed E-state index contributed by atoms with van der Waals surface area (Å²) in [4.78, 5) is 14.1. The SMILES string of the molecule is COc1cccc(C(=O)N2CCC(C(N)=NO)CC2)c1O. The van der Waals surface area contributed by atoms with E-state index in [2.05, 4.69) is 5.16 Å². The van der Waals surface area contributed by atoms with E-state index in [9.17, 15) is 9.90 Å². The number of carbonyl (C=O) groups is 1. The fraction of sp³-hybridized carbons (Fsp3) is 0.429. The summed E-state index contributed by atoms with van der Waals surface area (Å²) < 4.78 is 5.01. The first-order valence-electron chi connectivity index (χ1n) is 6.71. The molecule has 1 aromatic carbocycles. The highest BCUT2D eigenvalue weighted by molar-refractivity contribution is 5.97. The Bertz CT molecular complexity index is 551. The third-order valence-electron chi connectivity index (χ3n) is 3.77. The number of likely N-dealkylation sites (tertiary alicyclic amines) is 1. The molecule has 2 rings (SSSR count). The van der Waals surface area contributed by atoms with Crippen LogP contribution in [0.4, 0.5) is 0 Å². The lowest BCUT2D eigenvalue weighted by Gasteiger charge is -2.31. The van der Waals surface area contributed by atoms with Crippen molar-refractivity contribution < 1.29 is 19.8 Å². The van der Waals surface area contributed by atoms with Gasteiger partial charge in [-0.15, -0.1) is 0 Å². The van der Waals surface area contributed by atoms with Crippen molar-refractivity contribution in [2.24, 2.45) is 16.8 Å². The predicted octanol–water partition coefficient (Wildman–Crippen LogP) is 0.999. The van der Waals surface area contributed by atoms with Gasteiger partial charge in [-0.05, 0) is 25.0 Å². The van der Waals surface area contributed by atoms with Crippen LogP contribution in [0.1, 0.15) is 23.2 Å². The zero-order chi connectivity index (χ0) is 15.4. The molecule has 1 aromatic rings. The molecule has 0 bridgehead atoms. The van der Waals surface area contributed by atoms with E-state index in [1.807, 2.05) is 0 Å². The number of nitrogens with zero attached hydrogens (tertiary/aromatic N) is 2. The normalized spacial score (nSPS) is 16.8. The molecule has 1 heterocycles. The van der Waals surface area contributed by atoms with Crippen LogP contribution < -0.4 is 10.5 Å². The lowest BCUT2D eigenvalue weighted by molar-refractivity contribution is 0.0705. The molecule has 1 saturated heterocycles. The summed E-state index contributed by atoms with van der Waals surface area (Å²) >= 11 is 0. The molecule has 0 spiro atoms. The van der Waals surface area contributed by atoms with E-state index in [-0.39, 0.29) is 34.7 Å². The first kappa shape index (κ1) is 15.0. The summed E-state index contributed by atoms with van der Waals surface area (Å²) in [7, 11) is 1.44. The minimum atomic E-state index is -0.246. The number of para-hydroxylation sites is 1. The Morgan fingerprint density at radius 1 is 1.43 bits per heavy atom. The van der Waals surface area contributed by atoms with E-state index in [0.717, 1.165) is 0 Å². The van der Waals surface area contributed by atoms with Gasteiger partial charge < -0.3 is 25.7 Å². The van der Waals surface area contributed by atoms with E-state index < -0.39 is 0 Å². The number of amidine groups is 1. The quantitative estimate of drug-likeness (QED) is 0.333. The van der Waals surface area contributed by atoms with Crippen LogP contribution in [-0.4, -0.2) is 47.2 Å². The second-order valence-corrected chi connectivity index (χ2v) is 4.95. The minimum absolute atomic E-state index is 0.0158. The zero-order valence-electron chi connectivity index (χ0n) is 11.8. The molecule has 4 N–H and O–H groups in total. The number of phenols is 1. The van der Waals surface area contributed by atoms with Gasteiger partial charge in [-0.1, -0.05) is 11.2 Å². The maximum absolute atomic E-state index is 12.4. The van der Waals surface area contributed by atoms with Crippen molar-refractivity contribution in [2.75, 3.05) is 20.2 Å². The highest BCUT2D eigenvalue weighted by Gasteiger charge is 2.27. The fourth-order valence-electron chi connectivity index (χ4n) is 2.49. The van der Waals surface area contributed by atoms with Gasteiger partial charge in [0.25, 0.3) is 5.91 Å². The van der Waals surface area contributed by atoms with Gasteiger partial charge in [0.05, 0.1) is 12.7 Å². The van der Waals surface area contributed by atoms with Gasteiger partial charge in [-0.3, -0.25) is 4.79 Å². The molecule has 114 valence electrons. The number of hydrogen-bond acceptors (Lipinski definition) is 5. The Morgan fingerprint density at radius 2 is 2.10 bits per heavy atom. The van der Waals surface area contributed by atoms with Crippen LogP contribution in [0.25, 0.3) is 0 Å². The second-order valence-electron chi connectivity index (χ2n) is 4.95. The first-order chi connectivity index (χ1) is 10.1. The standard InChI is InChI=1S/C14H19N3O4/c1-21-11-4-2-3-10(12(11)18)14(19)17-7-5-9(6-8-17)13(15)16-20/h2-4,9,18,20H,5-8H2,1H3,(H2,15,16). The summed E-state index contributed by atoms with van der Waals surface area (Å²) in [5, 5.41) is 21.7. The average molecular weight is 293 g/mol. The Balaban J connectivity index is 2.09. The molecule has 7 nitrogen and oxygen atoms in total. The van der Waals surface area contributed by atoms with Crippen LogP contribution in [0.2, 0.25) is 0 Å². The molecule has 1 amide bonds. The molecule has 0 unspecified atom stereocenters. The number of phenolic OH excluding ortho intramolecular Hbond substituents is 1. The van der Waals surface area contributed by atoms with Gasteiger partial charge in [-0.25, -0.2) is 0 Å². The maximum atomic E-state index is 12.4. The van der Waals surface area contributed by atoms with Crippen molar-refractivity contribution >= 4 is 11.7 Å². The number of rotatable bonds is 3. The molecule has 0 atom stereocenters. The first-order valence-corrected chi connectivity index (χ1v) is 6.71. The van der Waals surface area contributed by atoms with Crippen LogP contribution in [0.5, 0.6) is 11.5 Å². The molecule has 1 aliphatic rings. The number of methoxy groups -OCH3 is 1. The molecule has 0 aromatic heterocycles. The molecule has 1 fully saturated rings.